The van der Waals surface area contributed by atoms with Gasteiger partial charge in [0, 0.05) is 39.5 Å². The molecule has 1 aliphatic carbocycles. The Labute approximate surface area is 383 Å². The van der Waals surface area contributed by atoms with Gasteiger partial charge in [0.15, 0.2) is 0 Å². The van der Waals surface area contributed by atoms with Crippen molar-refractivity contribution in [1.29, 1.82) is 0 Å². The van der Waals surface area contributed by atoms with Crippen molar-refractivity contribution in [2.75, 3.05) is 9.80 Å². The van der Waals surface area contributed by atoms with Crippen LogP contribution in [0.25, 0.3) is 55.6 Å². The van der Waals surface area contributed by atoms with E-state index in [1.54, 1.807) is 0 Å². The Kier molecular flexibility index (Phi) is 10.3. The summed E-state index contributed by atoms with van der Waals surface area (Å²) >= 11 is 0. The minimum atomic E-state index is -0.164. The summed E-state index contributed by atoms with van der Waals surface area (Å²) in [6.45, 7) is 4.75. The number of nitrogens with zero attached hydrogens (tertiary/aromatic N) is 2. The van der Waals surface area contributed by atoms with E-state index in [4.69, 9.17) is 0 Å². The molecular formula is C63H48N2. The Balaban J connectivity index is 0.857. The van der Waals surface area contributed by atoms with Crippen molar-refractivity contribution in [3.8, 4) is 55.6 Å². The second kappa shape index (κ2) is 16.8. The highest BCUT2D eigenvalue weighted by atomic mass is 15.1. The smallest absolute Gasteiger partial charge is 0.0462 e. The molecule has 0 saturated carbocycles. The topological polar surface area (TPSA) is 6.48 Å². The molecule has 310 valence electrons. The summed E-state index contributed by atoms with van der Waals surface area (Å²) in [4.78, 5) is 4.66. The molecule has 1 aliphatic rings. The second-order valence-electron chi connectivity index (χ2n) is 17.4. The fourth-order valence-corrected chi connectivity index (χ4v) is 9.62. The largest absolute Gasteiger partial charge is 0.311 e. The third-order valence-electron chi connectivity index (χ3n) is 13.1. The summed E-state index contributed by atoms with van der Waals surface area (Å²) in [6, 6.07) is 92.2. The van der Waals surface area contributed by atoms with Crippen LogP contribution in [0.15, 0.2) is 255 Å². The highest BCUT2D eigenvalue weighted by Crippen LogP contribution is 2.51. The molecule has 2 nitrogen and oxygen atoms in total. The lowest BCUT2D eigenvalue weighted by molar-refractivity contribution is 0.661. The lowest BCUT2D eigenvalue weighted by atomic mass is 9.81. The van der Waals surface area contributed by atoms with E-state index in [9.17, 15) is 0 Å². The van der Waals surface area contributed by atoms with Gasteiger partial charge in [0.2, 0.25) is 0 Å². The van der Waals surface area contributed by atoms with E-state index in [2.05, 4.69) is 278 Å². The van der Waals surface area contributed by atoms with Gasteiger partial charge in [-0.1, -0.05) is 184 Å². The van der Waals surface area contributed by atoms with Crippen LogP contribution < -0.4 is 9.80 Å². The predicted molar refractivity (Wildman–Crippen MR) is 275 cm³/mol. The van der Waals surface area contributed by atoms with Gasteiger partial charge in [0.05, 0.1) is 0 Å². The van der Waals surface area contributed by atoms with Crippen LogP contribution in [-0.2, 0) is 5.41 Å². The predicted octanol–water partition coefficient (Wildman–Crippen LogP) is 17.6. The first kappa shape index (κ1) is 39.6. The van der Waals surface area contributed by atoms with Crippen LogP contribution in [0.1, 0.15) is 25.0 Å². The molecule has 0 aliphatic heterocycles. The molecule has 0 atom stereocenters. The molecule has 0 heterocycles. The Morgan fingerprint density at radius 1 is 0.231 bits per heavy atom. The number of para-hydroxylation sites is 2. The molecule has 0 N–H and O–H groups in total. The molecule has 65 heavy (non-hydrogen) atoms. The second-order valence-corrected chi connectivity index (χ2v) is 17.4. The summed E-state index contributed by atoms with van der Waals surface area (Å²) in [5.74, 6) is 0. The van der Waals surface area contributed by atoms with Crippen LogP contribution >= 0.6 is 0 Å². The zero-order valence-corrected chi connectivity index (χ0v) is 36.6. The van der Waals surface area contributed by atoms with Crippen LogP contribution in [0.4, 0.5) is 34.1 Å². The Bertz CT molecular complexity index is 2990. The molecule has 0 bridgehead atoms. The first-order valence-electron chi connectivity index (χ1n) is 22.5. The van der Waals surface area contributed by atoms with Gasteiger partial charge in [-0.15, -0.1) is 0 Å². The molecule has 0 aromatic heterocycles. The van der Waals surface area contributed by atoms with Gasteiger partial charge in [-0.25, -0.2) is 0 Å². The third kappa shape index (κ3) is 7.60. The highest BCUT2D eigenvalue weighted by molar-refractivity contribution is 5.87. The molecule has 11 rings (SSSR count). The van der Waals surface area contributed by atoms with Gasteiger partial charge in [0.1, 0.15) is 0 Å². The summed E-state index contributed by atoms with van der Waals surface area (Å²) in [7, 11) is 0. The third-order valence-corrected chi connectivity index (χ3v) is 13.1. The summed E-state index contributed by atoms with van der Waals surface area (Å²) in [5, 5.41) is 0. The van der Waals surface area contributed by atoms with Crippen molar-refractivity contribution in [1.82, 2.24) is 0 Å². The number of rotatable bonds is 10. The van der Waals surface area contributed by atoms with Gasteiger partial charge in [-0.2, -0.15) is 0 Å². The van der Waals surface area contributed by atoms with E-state index < -0.39 is 0 Å². The summed E-state index contributed by atoms with van der Waals surface area (Å²) < 4.78 is 0. The number of anilines is 6. The lowest BCUT2D eigenvalue weighted by Crippen LogP contribution is -2.15. The van der Waals surface area contributed by atoms with Gasteiger partial charge in [-0.05, 0) is 152 Å². The maximum Gasteiger partial charge on any atom is 0.0462 e. The molecule has 0 amide bonds. The average molecular weight is 833 g/mol. The Morgan fingerprint density at radius 2 is 0.462 bits per heavy atom. The lowest BCUT2D eigenvalue weighted by Gasteiger charge is -2.26. The van der Waals surface area contributed by atoms with Crippen LogP contribution in [0.2, 0.25) is 0 Å². The summed E-state index contributed by atoms with van der Waals surface area (Å²) in [6.07, 6.45) is 0. The molecule has 0 saturated heterocycles. The molecule has 10 aromatic rings. The first-order chi connectivity index (χ1) is 32.0. The normalized spacial score (nSPS) is 12.3. The Morgan fingerprint density at radius 3 is 0.769 bits per heavy atom. The number of hydrogen-bond donors (Lipinski definition) is 0. The maximum atomic E-state index is 2.42. The molecule has 0 radical (unpaired) electrons. The van der Waals surface area contributed by atoms with Gasteiger partial charge < -0.3 is 9.80 Å². The standard InChI is InChI=1S/C63H48N2/c1-63(2)61-43-51(49-27-37-57(38-28-49)64(53-19-11-5-12-20-53)55-33-23-47(24-34-55)45-15-7-3-8-16-45)31-41-59(61)60-42-32-52(44-62(60)63)50-29-39-58(40-30-50)65(54-21-13-6-14-22-54)56-35-25-48(26-36-56)46-17-9-4-10-18-46/h3-44H,1-2H3. The zero-order chi connectivity index (χ0) is 43.7. The molecule has 2 heteroatoms. The van der Waals surface area contributed by atoms with E-state index >= 15 is 0 Å². The van der Waals surface area contributed by atoms with Crippen molar-refractivity contribution < 1.29 is 0 Å². The van der Waals surface area contributed by atoms with E-state index in [0.29, 0.717) is 0 Å². The van der Waals surface area contributed by atoms with E-state index in [0.717, 1.165) is 34.1 Å². The Hall–Kier alpha value is -8.20. The van der Waals surface area contributed by atoms with Gasteiger partial charge in [-0.3, -0.25) is 0 Å². The zero-order valence-electron chi connectivity index (χ0n) is 36.6. The minimum Gasteiger partial charge on any atom is -0.311 e. The fourth-order valence-electron chi connectivity index (χ4n) is 9.62. The van der Waals surface area contributed by atoms with Crippen molar-refractivity contribution >= 4 is 34.1 Å². The number of fused-ring (bicyclic) bond motifs is 3. The molecule has 0 unspecified atom stereocenters. The van der Waals surface area contributed by atoms with Gasteiger partial charge >= 0.3 is 0 Å². The van der Waals surface area contributed by atoms with Crippen molar-refractivity contribution in [2.45, 2.75) is 19.3 Å². The van der Waals surface area contributed by atoms with Crippen molar-refractivity contribution in [3.05, 3.63) is 266 Å². The van der Waals surface area contributed by atoms with E-state index in [1.807, 2.05) is 0 Å². The monoisotopic (exact) mass is 832 g/mol. The van der Waals surface area contributed by atoms with Crippen LogP contribution in [0.3, 0.4) is 0 Å². The van der Waals surface area contributed by atoms with Crippen LogP contribution in [0, 0.1) is 0 Å². The van der Waals surface area contributed by atoms with Crippen molar-refractivity contribution in [2.24, 2.45) is 0 Å². The summed E-state index contributed by atoms with van der Waals surface area (Å²) in [5.41, 5.74) is 21.6. The number of benzene rings is 10. The van der Waals surface area contributed by atoms with Crippen molar-refractivity contribution in [3.63, 3.8) is 0 Å². The van der Waals surface area contributed by atoms with Gasteiger partial charge in [0.25, 0.3) is 0 Å². The molecular weight excluding hydrogens is 785 g/mol. The van der Waals surface area contributed by atoms with E-state index in [1.165, 1.54) is 66.8 Å². The molecule has 0 fully saturated rings. The molecule has 10 aromatic carbocycles. The molecule has 0 spiro atoms. The highest BCUT2D eigenvalue weighted by Gasteiger charge is 2.36. The quantitative estimate of drug-likeness (QED) is 0.135. The maximum absolute atomic E-state index is 2.42. The minimum absolute atomic E-state index is 0.164. The van der Waals surface area contributed by atoms with E-state index in [-0.39, 0.29) is 5.41 Å². The average Bonchev–Trinajstić information content (AvgIpc) is 3.60. The SMILES string of the molecule is CC1(C)c2cc(-c3ccc(N(c4ccccc4)c4ccc(-c5ccccc5)cc4)cc3)ccc2-c2ccc(-c3ccc(N(c4ccccc4)c4ccc(-c5ccccc5)cc4)cc3)cc21. The fraction of sp³-hybridized carbons (Fsp3) is 0.0476. The van der Waals surface area contributed by atoms with Crippen LogP contribution in [-0.4, -0.2) is 0 Å². The van der Waals surface area contributed by atoms with Crippen LogP contribution in [0.5, 0.6) is 0 Å². The number of hydrogen-bond acceptors (Lipinski definition) is 2. The first-order valence-corrected chi connectivity index (χ1v) is 22.5.